The van der Waals surface area contributed by atoms with Crippen LogP contribution in [0.1, 0.15) is 44.6 Å². The van der Waals surface area contributed by atoms with Gasteiger partial charge in [-0.15, -0.1) is 0 Å². The van der Waals surface area contributed by atoms with Crippen LogP contribution in [0.25, 0.3) is 0 Å². The molecule has 1 aliphatic rings. The third kappa shape index (κ3) is 5.37. The molecule has 1 amide bonds. The van der Waals surface area contributed by atoms with E-state index >= 15 is 0 Å². The Bertz CT molecular complexity index is 720. The fourth-order valence-corrected chi connectivity index (χ4v) is 4.10. The van der Waals surface area contributed by atoms with Crippen molar-refractivity contribution in [1.29, 1.82) is 0 Å². The van der Waals surface area contributed by atoms with Gasteiger partial charge in [-0.25, -0.2) is 13.8 Å². The fraction of sp³-hybridized carbons (Fsp3) is 0.556. The van der Waals surface area contributed by atoms with Gasteiger partial charge in [0.1, 0.15) is 0 Å². The summed E-state index contributed by atoms with van der Waals surface area (Å²) in [4.78, 5) is 12.2. The number of sulfonamides is 1. The van der Waals surface area contributed by atoms with Crippen LogP contribution in [-0.4, -0.2) is 37.9 Å². The molecule has 7 heteroatoms. The van der Waals surface area contributed by atoms with Crippen LogP contribution in [0, 0.1) is 12.8 Å². The quantitative estimate of drug-likeness (QED) is 0.622. The maximum absolute atomic E-state index is 12.5. The largest absolute Gasteiger partial charge is 0.272 e. The Morgan fingerprint density at radius 3 is 2.40 bits per heavy atom. The van der Waals surface area contributed by atoms with E-state index in [1.54, 1.807) is 24.3 Å². The predicted molar refractivity (Wildman–Crippen MR) is 98.8 cm³/mol. The molecule has 0 bridgehead atoms. The summed E-state index contributed by atoms with van der Waals surface area (Å²) in [5.74, 6) is -0.0172. The molecule has 138 valence electrons. The molecule has 1 N–H and O–H groups in total. The second kappa shape index (κ2) is 8.58. The highest BCUT2D eigenvalue weighted by Crippen LogP contribution is 2.24. The van der Waals surface area contributed by atoms with Gasteiger partial charge in [0.15, 0.2) is 0 Å². The number of aryl methyl sites for hydroxylation is 1. The molecule has 1 saturated carbocycles. The van der Waals surface area contributed by atoms with E-state index < -0.39 is 15.9 Å². The second-order valence-corrected chi connectivity index (χ2v) is 8.74. The first kappa shape index (κ1) is 19.6. The number of hydrogen-bond donors (Lipinski definition) is 1. The molecule has 0 saturated heterocycles. The van der Waals surface area contributed by atoms with E-state index in [-0.39, 0.29) is 11.4 Å². The van der Waals surface area contributed by atoms with Gasteiger partial charge in [-0.3, -0.25) is 4.79 Å². The number of amides is 1. The summed E-state index contributed by atoms with van der Waals surface area (Å²) in [6.45, 7) is 3.54. The van der Waals surface area contributed by atoms with E-state index in [1.807, 2.05) is 13.8 Å². The minimum absolute atomic E-state index is 0.176. The molecule has 0 aliphatic heterocycles. The molecule has 2 rings (SSSR count). The zero-order valence-corrected chi connectivity index (χ0v) is 16.0. The van der Waals surface area contributed by atoms with Crippen molar-refractivity contribution in [3.63, 3.8) is 0 Å². The van der Waals surface area contributed by atoms with E-state index in [0.29, 0.717) is 5.92 Å². The van der Waals surface area contributed by atoms with Gasteiger partial charge in [0.05, 0.1) is 11.4 Å². The van der Waals surface area contributed by atoms with Crippen LogP contribution in [0.2, 0.25) is 0 Å². The van der Waals surface area contributed by atoms with Crippen molar-refractivity contribution in [2.24, 2.45) is 11.0 Å². The number of nitrogens with one attached hydrogen (secondary N) is 1. The van der Waals surface area contributed by atoms with E-state index in [1.165, 1.54) is 26.3 Å². The number of carbonyl (C=O) groups is 1. The summed E-state index contributed by atoms with van der Waals surface area (Å²) in [5.41, 5.74) is 4.38. The van der Waals surface area contributed by atoms with E-state index in [0.717, 1.165) is 28.4 Å². The third-order valence-corrected chi connectivity index (χ3v) is 6.47. The van der Waals surface area contributed by atoms with Crippen LogP contribution in [0.15, 0.2) is 34.3 Å². The van der Waals surface area contributed by atoms with Crippen LogP contribution in [0.5, 0.6) is 0 Å². The molecular weight excluding hydrogens is 338 g/mol. The van der Waals surface area contributed by atoms with Crippen molar-refractivity contribution in [3.05, 3.63) is 29.8 Å². The van der Waals surface area contributed by atoms with Gasteiger partial charge in [-0.1, -0.05) is 37.0 Å². The van der Waals surface area contributed by atoms with Crippen LogP contribution < -0.4 is 5.43 Å². The monoisotopic (exact) mass is 365 g/mol. The zero-order chi connectivity index (χ0) is 18.4. The molecule has 0 aromatic heterocycles. The fourth-order valence-electron chi connectivity index (χ4n) is 2.97. The van der Waals surface area contributed by atoms with Crippen molar-refractivity contribution in [2.45, 2.75) is 50.8 Å². The lowest BCUT2D eigenvalue weighted by atomic mass is 9.86. The van der Waals surface area contributed by atoms with Crippen LogP contribution in [-0.2, 0) is 14.8 Å². The van der Waals surface area contributed by atoms with E-state index in [4.69, 9.17) is 0 Å². The smallest absolute Gasteiger partial charge is 0.255 e. The summed E-state index contributed by atoms with van der Waals surface area (Å²) >= 11 is 0. The number of hydrazone groups is 1. The molecule has 6 nitrogen and oxygen atoms in total. The lowest BCUT2D eigenvalue weighted by Crippen LogP contribution is -2.37. The molecule has 0 spiro atoms. The normalized spacial score (nSPS) is 16.9. The molecule has 1 aliphatic carbocycles. The first-order valence-corrected chi connectivity index (χ1v) is 10.1. The molecule has 1 aromatic rings. The summed E-state index contributed by atoms with van der Waals surface area (Å²) < 4.78 is 26.0. The van der Waals surface area contributed by atoms with Gasteiger partial charge in [0.25, 0.3) is 5.91 Å². The van der Waals surface area contributed by atoms with Gasteiger partial charge in [-0.05, 0) is 44.7 Å². The number of likely N-dealkylation sites (N-methyl/N-ethyl adjacent to an activating group) is 1. The van der Waals surface area contributed by atoms with Crippen molar-refractivity contribution in [1.82, 2.24) is 9.73 Å². The predicted octanol–water partition coefficient (Wildman–Crippen LogP) is 2.69. The van der Waals surface area contributed by atoms with Gasteiger partial charge in [-0.2, -0.15) is 9.41 Å². The Balaban J connectivity index is 1.93. The molecule has 1 aromatic carbocycles. The molecule has 0 unspecified atom stereocenters. The molecule has 25 heavy (non-hydrogen) atoms. The highest BCUT2D eigenvalue weighted by atomic mass is 32.2. The highest BCUT2D eigenvalue weighted by Gasteiger charge is 2.23. The first-order chi connectivity index (χ1) is 11.8. The van der Waals surface area contributed by atoms with Gasteiger partial charge < -0.3 is 0 Å². The van der Waals surface area contributed by atoms with Gasteiger partial charge in [0, 0.05) is 12.8 Å². The van der Waals surface area contributed by atoms with Crippen LogP contribution in [0.3, 0.4) is 0 Å². The Labute approximate surface area is 150 Å². The summed E-state index contributed by atoms with van der Waals surface area (Å²) in [7, 11) is -2.29. The number of hydrogen-bond acceptors (Lipinski definition) is 4. The van der Waals surface area contributed by atoms with Crippen LogP contribution in [0.4, 0.5) is 0 Å². The molecule has 0 radical (unpaired) electrons. The lowest BCUT2D eigenvalue weighted by molar-refractivity contribution is -0.121. The topological polar surface area (TPSA) is 78.8 Å². The average Bonchev–Trinajstić information content (AvgIpc) is 2.60. The van der Waals surface area contributed by atoms with Crippen molar-refractivity contribution < 1.29 is 13.2 Å². The Morgan fingerprint density at radius 1 is 1.20 bits per heavy atom. The number of carbonyl (C=O) groups excluding carboxylic acids is 1. The maximum atomic E-state index is 12.5. The molecule has 0 heterocycles. The van der Waals surface area contributed by atoms with Crippen LogP contribution >= 0.6 is 0 Å². The Morgan fingerprint density at radius 2 is 1.80 bits per heavy atom. The Kier molecular flexibility index (Phi) is 6.72. The van der Waals surface area contributed by atoms with Gasteiger partial charge in [0.2, 0.25) is 10.0 Å². The second-order valence-electron chi connectivity index (χ2n) is 6.70. The molecule has 0 atom stereocenters. The van der Waals surface area contributed by atoms with Crippen molar-refractivity contribution >= 4 is 21.6 Å². The SMILES string of the molecule is C/C(=N\NC(=O)CN(C)S(=O)(=O)c1ccc(C)cc1)C1CCCCC1. The average molecular weight is 365 g/mol. The minimum Gasteiger partial charge on any atom is -0.272 e. The number of rotatable bonds is 6. The third-order valence-electron chi connectivity index (χ3n) is 4.65. The van der Waals surface area contributed by atoms with E-state index in [9.17, 15) is 13.2 Å². The molecular formula is C18H27N3O3S. The van der Waals surface area contributed by atoms with Crippen molar-refractivity contribution in [2.75, 3.05) is 13.6 Å². The summed E-state index contributed by atoms with van der Waals surface area (Å²) in [6, 6.07) is 6.56. The summed E-state index contributed by atoms with van der Waals surface area (Å²) in [5, 5.41) is 4.16. The summed E-state index contributed by atoms with van der Waals surface area (Å²) in [6.07, 6.45) is 5.86. The highest BCUT2D eigenvalue weighted by molar-refractivity contribution is 7.89. The maximum Gasteiger partial charge on any atom is 0.255 e. The Hall–Kier alpha value is -1.73. The van der Waals surface area contributed by atoms with E-state index in [2.05, 4.69) is 10.5 Å². The number of benzene rings is 1. The van der Waals surface area contributed by atoms with Gasteiger partial charge >= 0.3 is 0 Å². The molecule has 1 fully saturated rings. The van der Waals surface area contributed by atoms with Crippen molar-refractivity contribution in [3.8, 4) is 0 Å². The standard InChI is InChI=1S/C18H27N3O3S/c1-14-9-11-17(12-10-14)25(23,24)21(3)13-18(22)20-19-15(2)16-7-5-4-6-8-16/h9-12,16H,4-8,13H2,1-3H3,(H,20,22)/b19-15+. The first-order valence-electron chi connectivity index (χ1n) is 8.66. The zero-order valence-electron chi connectivity index (χ0n) is 15.2. The number of nitrogens with zero attached hydrogens (tertiary/aromatic N) is 2. The lowest BCUT2D eigenvalue weighted by Gasteiger charge is -2.21. The minimum atomic E-state index is -3.69.